The van der Waals surface area contributed by atoms with E-state index in [4.69, 9.17) is 5.73 Å². The lowest BCUT2D eigenvalue weighted by molar-refractivity contribution is 0.686. The third kappa shape index (κ3) is 2.73. The molecule has 1 unspecified atom stereocenters. The third-order valence-electron chi connectivity index (χ3n) is 2.03. The summed E-state index contributed by atoms with van der Waals surface area (Å²) < 4.78 is 2.08. The van der Waals surface area contributed by atoms with Gasteiger partial charge in [0.25, 0.3) is 0 Å². The van der Waals surface area contributed by atoms with E-state index in [1.807, 2.05) is 6.20 Å². The van der Waals surface area contributed by atoms with Crippen LogP contribution in [-0.2, 0) is 6.54 Å². The number of imidazole rings is 1. The average molecular weight is 182 g/mol. The minimum atomic E-state index is 0.387. The Kier molecular flexibility index (Phi) is 3.76. The van der Waals surface area contributed by atoms with Crippen LogP contribution >= 0.6 is 0 Å². The Morgan fingerprint density at radius 1 is 1.69 bits per heavy atom. The van der Waals surface area contributed by atoms with E-state index in [1.165, 1.54) is 0 Å². The van der Waals surface area contributed by atoms with Crippen LogP contribution in [0.2, 0.25) is 0 Å². The van der Waals surface area contributed by atoms with Gasteiger partial charge in [-0.25, -0.2) is 4.98 Å². The molecule has 74 valence electrons. The topological polar surface area (TPSA) is 55.9 Å². The van der Waals surface area contributed by atoms with Crippen molar-refractivity contribution in [3.05, 3.63) is 12.4 Å². The fourth-order valence-corrected chi connectivity index (χ4v) is 1.25. The van der Waals surface area contributed by atoms with Gasteiger partial charge in [0.15, 0.2) is 0 Å². The second kappa shape index (κ2) is 4.87. The zero-order valence-corrected chi connectivity index (χ0v) is 8.33. The lowest BCUT2D eigenvalue weighted by Crippen LogP contribution is -2.21. The zero-order valence-electron chi connectivity index (χ0n) is 8.33. The Morgan fingerprint density at radius 2 is 2.46 bits per heavy atom. The van der Waals surface area contributed by atoms with Crippen molar-refractivity contribution in [1.29, 1.82) is 0 Å². The summed E-state index contributed by atoms with van der Waals surface area (Å²) in [4.78, 5) is 4.22. The molecule has 1 rings (SSSR count). The summed E-state index contributed by atoms with van der Waals surface area (Å²) in [5.74, 6) is 0.934. The van der Waals surface area contributed by atoms with Gasteiger partial charge >= 0.3 is 0 Å². The van der Waals surface area contributed by atoms with Crippen LogP contribution in [0, 0.1) is 0 Å². The van der Waals surface area contributed by atoms with Crippen molar-refractivity contribution in [1.82, 2.24) is 9.55 Å². The first kappa shape index (κ1) is 10.1. The van der Waals surface area contributed by atoms with Crippen molar-refractivity contribution in [2.24, 2.45) is 5.73 Å². The summed E-state index contributed by atoms with van der Waals surface area (Å²) in [5.41, 5.74) is 5.46. The molecule has 0 saturated heterocycles. The number of nitrogens with two attached hydrogens (primary N) is 1. The summed E-state index contributed by atoms with van der Waals surface area (Å²) in [7, 11) is 0. The van der Waals surface area contributed by atoms with Gasteiger partial charge < -0.3 is 15.6 Å². The van der Waals surface area contributed by atoms with E-state index < -0.39 is 0 Å². The van der Waals surface area contributed by atoms with Gasteiger partial charge in [-0.2, -0.15) is 0 Å². The van der Waals surface area contributed by atoms with E-state index in [0.717, 1.165) is 18.9 Å². The van der Waals surface area contributed by atoms with E-state index in [0.29, 0.717) is 12.6 Å². The van der Waals surface area contributed by atoms with Gasteiger partial charge in [0, 0.05) is 25.0 Å². The van der Waals surface area contributed by atoms with Crippen molar-refractivity contribution >= 4 is 5.95 Å². The third-order valence-corrected chi connectivity index (χ3v) is 2.03. The lowest BCUT2D eigenvalue weighted by Gasteiger charge is -2.14. The molecule has 4 heteroatoms. The van der Waals surface area contributed by atoms with E-state index in [2.05, 4.69) is 28.7 Å². The molecule has 0 fully saturated rings. The van der Waals surface area contributed by atoms with Gasteiger partial charge in [0.1, 0.15) is 0 Å². The van der Waals surface area contributed by atoms with E-state index in [-0.39, 0.29) is 0 Å². The zero-order chi connectivity index (χ0) is 9.68. The van der Waals surface area contributed by atoms with Crippen molar-refractivity contribution in [3.8, 4) is 0 Å². The first-order valence-electron chi connectivity index (χ1n) is 4.75. The van der Waals surface area contributed by atoms with Gasteiger partial charge in [0.2, 0.25) is 5.95 Å². The molecule has 0 radical (unpaired) electrons. The lowest BCUT2D eigenvalue weighted by atomic mass is 10.2. The Bertz CT molecular complexity index is 244. The number of hydrogen-bond donors (Lipinski definition) is 2. The second-order valence-electron chi connectivity index (χ2n) is 3.16. The van der Waals surface area contributed by atoms with Crippen molar-refractivity contribution in [2.75, 3.05) is 11.9 Å². The molecule has 1 aromatic heterocycles. The number of aryl methyl sites for hydroxylation is 1. The van der Waals surface area contributed by atoms with Crippen LogP contribution in [0.25, 0.3) is 0 Å². The van der Waals surface area contributed by atoms with Gasteiger partial charge in [-0.3, -0.25) is 0 Å². The highest BCUT2D eigenvalue weighted by molar-refractivity contribution is 5.26. The highest BCUT2D eigenvalue weighted by atomic mass is 15.2. The molecule has 1 aromatic rings. The summed E-state index contributed by atoms with van der Waals surface area (Å²) in [6.07, 6.45) is 4.75. The van der Waals surface area contributed by atoms with Gasteiger partial charge in [-0.15, -0.1) is 0 Å². The Labute approximate surface area is 79.1 Å². The van der Waals surface area contributed by atoms with Gasteiger partial charge in [-0.1, -0.05) is 0 Å². The molecule has 0 saturated carbocycles. The fourth-order valence-electron chi connectivity index (χ4n) is 1.25. The molecule has 1 heterocycles. The van der Waals surface area contributed by atoms with Crippen molar-refractivity contribution < 1.29 is 0 Å². The number of rotatable bonds is 5. The smallest absolute Gasteiger partial charge is 0.202 e. The standard InChI is InChI=1S/C9H18N4/c1-3-13-7-6-11-9(13)12-8(2)4-5-10/h6-8H,3-5,10H2,1-2H3,(H,11,12). The number of anilines is 1. The number of nitrogens with zero attached hydrogens (tertiary/aromatic N) is 2. The van der Waals surface area contributed by atoms with E-state index in [1.54, 1.807) is 6.20 Å². The average Bonchev–Trinajstić information content (AvgIpc) is 2.52. The SMILES string of the molecule is CCn1ccnc1NC(C)CCN. The van der Waals surface area contributed by atoms with Crippen LogP contribution in [0.1, 0.15) is 20.3 Å². The van der Waals surface area contributed by atoms with Crippen LogP contribution in [0.4, 0.5) is 5.95 Å². The van der Waals surface area contributed by atoms with E-state index >= 15 is 0 Å². The normalized spacial score (nSPS) is 12.8. The minimum Gasteiger partial charge on any atom is -0.353 e. The van der Waals surface area contributed by atoms with Crippen molar-refractivity contribution in [3.63, 3.8) is 0 Å². The molecule has 0 aliphatic rings. The molecule has 13 heavy (non-hydrogen) atoms. The van der Waals surface area contributed by atoms with Crippen LogP contribution < -0.4 is 11.1 Å². The molecular formula is C9H18N4. The molecule has 1 atom stereocenters. The highest BCUT2D eigenvalue weighted by Crippen LogP contribution is 2.06. The summed E-state index contributed by atoms with van der Waals surface area (Å²) >= 11 is 0. The maximum Gasteiger partial charge on any atom is 0.202 e. The van der Waals surface area contributed by atoms with Crippen LogP contribution in [0.5, 0.6) is 0 Å². The maximum atomic E-state index is 5.46. The quantitative estimate of drug-likeness (QED) is 0.715. The largest absolute Gasteiger partial charge is 0.353 e. The van der Waals surface area contributed by atoms with Crippen molar-refractivity contribution in [2.45, 2.75) is 32.9 Å². The van der Waals surface area contributed by atoms with E-state index in [9.17, 15) is 0 Å². The first-order valence-corrected chi connectivity index (χ1v) is 4.75. The molecule has 0 bridgehead atoms. The van der Waals surface area contributed by atoms with Crippen LogP contribution in [0.15, 0.2) is 12.4 Å². The molecule has 0 aromatic carbocycles. The minimum absolute atomic E-state index is 0.387. The Balaban J connectivity index is 2.52. The second-order valence-corrected chi connectivity index (χ2v) is 3.16. The number of nitrogens with one attached hydrogen (secondary N) is 1. The predicted octanol–water partition coefficient (Wildman–Crippen LogP) is 1.05. The Morgan fingerprint density at radius 3 is 3.08 bits per heavy atom. The number of aromatic nitrogens is 2. The molecule has 0 aliphatic heterocycles. The molecule has 4 nitrogen and oxygen atoms in total. The highest BCUT2D eigenvalue weighted by Gasteiger charge is 2.04. The van der Waals surface area contributed by atoms with Crippen LogP contribution in [-0.4, -0.2) is 22.1 Å². The summed E-state index contributed by atoms with van der Waals surface area (Å²) in [6.45, 7) is 5.86. The summed E-state index contributed by atoms with van der Waals surface area (Å²) in [6, 6.07) is 0.387. The molecule has 0 spiro atoms. The van der Waals surface area contributed by atoms with Gasteiger partial charge in [0.05, 0.1) is 0 Å². The summed E-state index contributed by atoms with van der Waals surface area (Å²) in [5, 5.41) is 3.31. The molecule has 0 amide bonds. The van der Waals surface area contributed by atoms with Gasteiger partial charge in [-0.05, 0) is 26.8 Å². The monoisotopic (exact) mass is 182 g/mol. The Hall–Kier alpha value is -1.03. The fraction of sp³-hybridized carbons (Fsp3) is 0.667. The predicted molar refractivity (Wildman–Crippen MR) is 54.7 cm³/mol. The van der Waals surface area contributed by atoms with Crippen LogP contribution in [0.3, 0.4) is 0 Å². The maximum absolute atomic E-state index is 5.46. The molecular weight excluding hydrogens is 164 g/mol. The molecule has 3 N–H and O–H groups in total. The number of hydrogen-bond acceptors (Lipinski definition) is 3. The molecule has 0 aliphatic carbocycles. The first-order chi connectivity index (χ1) is 6.27.